The fourth-order valence-corrected chi connectivity index (χ4v) is 3.22. The average molecular weight is 308 g/mol. The summed E-state index contributed by atoms with van der Waals surface area (Å²) in [5.41, 5.74) is 0.659. The van der Waals surface area contributed by atoms with Crippen LogP contribution in [0.5, 0.6) is 0 Å². The van der Waals surface area contributed by atoms with Gasteiger partial charge in [0.15, 0.2) is 0 Å². The molecule has 90 valence electrons. The van der Waals surface area contributed by atoms with Crippen molar-refractivity contribution in [2.45, 2.75) is 24.8 Å². The number of hydrogen-bond donors (Lipinski definition) is 2. The first kappa shape index (κ1) is 13.6. The fraction of sp³-hybridized carbons (Fsp3) is 0.400. The molecule has 1 rings (SSSR count). The molecule has 6 heteroatoms. The second-order valence-electron chi connectivity index (χ2n) is 3.61. The van der Waals surface area contributed by atoms with E-state index in [1.165, 1.54) is 6.07 Å². The predicted molar refractivity (Wildman–Crippen MR) is 65.7 cm³/mol. The molecule has 0 amide bonds. The third-order valence-corrected chi connectivity index (χ3v) is 4.30. The van der Waals surface area contributed by atoms with Gasteiger partial charge >= 0.3 is 0 Å². The van der Waals surface area contributed by atoms with Crippen molar-refractivity contribution >= 4 is 26.0 Å². The van der Waals surface area contributed by atoms with Crippen molar-refractivity contribution in [1.29, 1.82) is 0 Å². The summed E-state index contributed by atoms with van der Waals surface area (Å²) in [6.45, 7) is 3.10. The highest BCUT2D eigenvalue weighted by atomic mass is 79.9. The van der Waals surface area contributed by atoms with Gasteiger partial charge in [-0.3, -0.25) is 0 Å². The van der Waals surface area contributed by atoms with Gasteiger partial charge in [-0.1, -0.05) is 15.9 Å². The Morgan fingerprint density at radius 2 is 2.12 bits per heavy atom. The molecule has 0 fully saturated rings. The summed E-state index contributed by atoms with van der Waals surface area (Å²) in [5.74, 6) is 0. The number of aliphatic hydroxyl groups is 1. The quantitative estimate of drug-likeness (QED) is 0.884. The van der Waals surface area contributed by atoms with Crippen LogP contribution in [-0.2, 0) is 10.0 Å². The van der Waals surface area contributed by atoms with E-state index in [-0.39, 0.29) is 11.5 Å². The number of aryl methyl sites for hydroxylation is 1. The van der Waals surface area contributed by atoms with E-state index < -0.39 is 16.1 Å². The summed E-state index contributed by atoms with van der Waals surface area (Å²) in [6, 6.07) is 4.45. The van der Waals surface area contributed by atoms with E-state index in [1.807, 2.05) is 0 Å². The maximum absolute atomic E-state index is 11.9. The summed E-state index contributed by atoms with van der Waals surface area (Å²) in [7, 11) is -3.55. The highest BCUT2D eigenvalue weighted by molar-refractivity contribution is 9.10. The standard InChI is InChI=1S/C10H14BrNO3S/c1-7-5-9(11)3-4-10(7)16(14,15)12-8(2)6-13/h3-5,8,12-13H,6H2,1-2H3. The van der Waals surface area contributed by atoms with Crippen LogP contribution in [0.2, 0.25) is 0 Å². The van der Waals surface area contributed by atoms with Crippen LogP contribution in [0.15, 0.2) is 27.6 Å². The number of halogens is 1. The molecule has 0 aliphatic carbocycles. The SMILES string of the molecule is Cc1cc(Br)ccc1S(=O)(=O)NC(C)CO. The number of nitrogens with one attached hydrogen (secondary N) is 1. The molecule has 1 aromatic rings. The zero-order valence-electron chi connectivity index (χ0n) is 9.07. The van der Waals surface area contributed by atoms with Crippen LogP contribution in [-0.4, -0.2) is 26.2 Å². The Labute approximate surface area is 104 Å². The van der Waals surface area contributed by atoms with Crippen molar-refractivity contribution in [3.8, 4) is 0 Å². The van der Waals surface area contributed by atoms with Gasteiger partial charge in [0.1, 0.15) is 0 Å². The highest BCUT2D eigenvalue weighted by Gasteiger charge is 2.18. The van der Waals surface area contributed by atoms with Crippen molar-refractivity contribution in [1.82, 2.24) is 4.72 Å². The summed E-state index contributed by atoms with van der Waals surface area (Å²) < 4.78 is 27.0. The van der Waals surface area contributed by atoms with Crippen LogP contribution in [0.25, 0.3) is 0 Å². The predicted octanol–water partition coefficient (Wildman–Crippen LogP) is 1.42. The highest BCUT2D eigenvalue weighted by Crippen LogP contribution is 2.19. The van der Waals surface area contributed by atoms with Gasteiger partial charge < -0.3 is 5.11 Å². The molecule has 1 aromatic carbocycles. The normalized spacial score (nSPS) is 13.8. The topological polar surface area (TPSA) is 66.4 Å². The minimum Gasteiger partial charge on any atom is -0.395 e. The third kappa shape index (κ3) is 3.28. The molecule has 1 atom stereocenters. The van der Waals surface area contributed by atoms with Crippen molar-refractivity contribution < 1.29 is 13.5 Å². The maximum atomic E-state index is 11.9. The minimum absolute atomic E-state index is 0.227. The molecule has 0 saturated carbocycles. The lowest BCUT2D eigenvalue weighted by atomic mass is 10.2. The first-order valence-electron chi connectivity index (χ1n) is 4.76. The third-order valence-electron chi connectivity index (χ3n) is 2.06. The van der Waals surface area contributed by atoms with Gasteiger partial charge in [0, 0.05) is 10.5 Å². The fourth-order valence-electron chi connectivity index (χ4n) is 1.28. The Morgan fingerprint density at radius 3 is 2.62 bits per heavy atom. The van der Waals surface area contributed by atoms with Crippen LogP contribution in [0.3, 0.4) is 0 Å². The first-order chi connectivity index (χ1) is 7.36. The zero-order chi connectivity index (χ0) is 12.3. The summed E-state index contributed by atoms with van der Waals surface area (Å²) in [4.78, 5) is 0.232. The van der Waals surface area contributed by atoms with Gasteiger partial charge in [0.2, 0.25) is 10.0 Å². The summed E-state index contributed by atoms with van der Waals surface area (Å²) in [5, 5.41) is 8.82. The van der Waals surface area contributed by atoms with Gasteiger partial charge in [-0.05, 0) is 37.6 Å². The number of rotatable bonds is 4. The van der Waals surface area contributed by atoms with E-state index in [1.54, 1.807) is 26.0 Å². The molecule has 0 saturated heterocycles. The molecule has 0 radical (unpaired) electrons. The van der Waals surface area contributed by atoms with Crippen LogP contribution in [0.4, 0.5) is 0 Å². The Balaban J connectivity index is 3.08. The largest absolute Gasteiger partial charge is 0.395 e. The molecular formula is C10H14BrNO3S. The second kappa shape index (κ2) is 5.27. The molecule has 1 unspecified atom stereocenters. The Bertz CT molecular complexity index is 473. The Kier molecular flexibility index (Phi) is 4.49. The van der Waals surface area contributed by atoms with Crippen molar-refractivity contribution in [2.75, 3.05) is 6.61 Å². The van der Waals surface area contributed by atoms with E-state index in [0.717, 1.165) is 4.47 Å². The first-order valence-corrected chi connectivity index (χ1v) is 7.04. The molecule has 0 aliphatic heterocycles. The van der Waals surface area contributed by atoms with Gasteiger partial charge in [0.25, 0.3) is 0 Å². The van der Waals surface area contributed by atoms with Crippen LogP contribution >= 0.6 is 15.9 Å². The molecule has 0 aliphatic rings. The maximum Gasteiger partial charge on any atom is 0.241 e. The van der Waals surface area contributed by atoms with Crippen molar-refractivity contribution in [3.63, 3.8) is 0 Å². The smallest absolute Gasteiger partial charge is 0.241 e. The lowest BCUT2D eigenvalue weighted by Gasteiger charge is -2.13. The van der Waals surface area contributed by atoms with E-state index >= 15 is 0 Å². The molecule has 4 nitrogen and oxygen atoms in total. The molecule has 0 aromatic heterocycles. The zero-order valence-corrected chi connectivity index (χ0v) is 11.5. The van der Waals surface area contributed by atoms with E-state index in [0.29, 0.717) is 5.56 Å². The minimum atomic E-state index is -3.55. The van der Waals surface area contributed by atoms with Gasteiger partial charge in [-0.15, -0.1) is 0 Å². The number of benzene rings is 1. The molecular weight excluding hydrogens is 294 g/mol. The van der Waals surface area contributed by atoms with Crippen LogP contribution < -0.4 is 4.72 Å². The van der Waals surface area contributed by atoms with Crippen molar-refractivity contribution in [2.24, 2.45) is 0 Å². The molecule has 16 heavy (non-hydrogen) atoms. The lowest BCUT2D eigenvalue weighted by Crippen LogP contribution is -2.35. The lowest BCUT2D eigenvalue weighted by molar-refractivity contribution is 0.265. The Morgan fingerprint density at radius 1 is 1.50 bits per heavy atom. The monoisotopic (exact) mass is 307 g/mol. The van der Waals surface area contributed by atoms with Gasteiger partial charge in [0.05, 0.1) is 11.5 Å². The van der Waals surface area contributed by atoms with E-state index in [9.17, 15) is 8.42 Å². The number of sulfonamides is 1. The Hall–Kier alpha value is -0.430. The number of hydrogen-bond acceptors (Lipinski definition) is 3. The van der Waals surface area contributed by atoms with Crippen LogP contribution in [0, 0.1) is 6.92 Å². The van der Waals surface area contributed by atoms with Crippen LogP contribution in [0.1, 0.15) is 12.5 Å². The summed E-state index contributed by atoms with van der Waals surface area (Å²) in [6.07, 6.45) is 0. The summed E-state index contributed by atoms with van der Waals surface area (Å²) >= 11 is 3.27. The average Bonchev–Trinajstić information content (AvgIpc) is 2.16. The molecule has 2 N–H and O–H groups in total. The van der Waals surface area contributed by atoms with Gasteiger partial charge in [-0.25, -0.2) is 13.1 Å². The molecule has 0 spiro atoms. The van der Waals surface area contributed by atoms with E-state index in [2.05, 4.69) is 20.7 Å². The van der Waals surface area contributed by atoms with E-state index in [4.69, 9.17) is 5.11 Å². The van der Waals surface area contributed by atoms with Gasteiger partial charge in [-0.2, -0.15) is 0 Å². The molecule has 0 bridgehead atoms. The second-order valence-corrected chi connectivity index (χ2v) is 6.21. The number of aliphatic hydroxyl groups excluding tert-OH is 1. The van der Waals surface area contributed by atoms with Crippen molar-refractivity contribution in [3.05, 3.63) is 28.2 Å². The molecule has 0 heterocycles.